The lowest BCUT2D eigenvalue weighted by molar-refractivity contribution is -0.143. The van der Waals surface area contributed by atoms with E-state index in [0.29, 0.717) is 12.0 Å². The highest BCUT2D eigenvalue weighted by molar-refractivity contribution is 5.70. The van der Waals surface area contributed by atoms with Gasteiger partial charge in [-0.05, 0) is 50.3 Å². The Bertz CT molecular complexity index is 431. The molecule has 0 amide bonds. The Kier molecular flexibility index (Phi) is 3.56. The van der Waals surface area contributed by atoms with Crippen molar-refractivity contribution in [2.75, 3.05) is 13.1 Å². The van der Waals surface area contributed by atoms with Gasteiger partial charge in [-0.15, -0.1) is 0 Å². The highest BCUT2D eigenvalue weighted by Crippen LogP contribution is 2.40. The fraction of sp³-hybridized carbons (Fsp3) is 0.562. The molecule has 3 rings (SSSR count). The fourth-order valence-electron chi connectivity index (χ4n) is 3.39. The highest BCUT2D eigenvalue weighted by atomic mass is 16.4. The third-order valence-corrected chi connectivity index (χ3v) is 4.78. The monoisotopic (exact) mass is 259 g/mol. The first-order valence-corrected chi connectivity index (χ1v) is 7.26. The molecule has 2 fully saturated rings. The number of rotatable bonds is 3. The molecule has 1 aromatic carbocycles. The van der Waals surface area contributed by atoms with Gasteiger partial charge >= 0.3 is 5.97 Å². The number of hydrogen-bond donors (Lipinski definition) is 1. The first kappa shape index (κ1) is 12.7. The zero-order chi connectivity index (χ0) is 13.2. The van der Waals surface area contributed by atoms with Crippen LogP contribution in [0.25, 0.3) is 0 Å². The van der Waals surface area contributed by atoms with Crippen molar-refractivity contribution in [3.63, 3.8) is 0 Å². The summed E-state index contributed by atoms with van der Waals surface area (Å²) in [5, 5.41) is 9.01. The van der Waals surface area contributed by atoms with Crippen molar-refractivity contribution in [3.8, 4) is 0 Å². The van der Waals surface area contributed by atoms with E-state index in [-0.39, 0.29) is 5.92 Å². The molecule has 3 nitrogen and oxygen atoms in total. The smallest absolute Gasteiger partial charge is 0.306 e. The van der Waals surface area contributed by atoms with Gasteiger partial charge in [0.2, 0.25) is 0 Å². The molecule has 0 atom stereocenters. The molecular weight excluding hydrogens is 238 g/mol. The molecule has 1 aliphatic carbocycles. The summed E-state index contributed by atoms with van der Waals surface area (Å²) in [6, 6.07) is 11.4. The van der Waals surface area contributed by atoms with Crippen LogP contribution in [0.3, 0.4) is 0 Å². The van der Waals surface area contributed by atoms with E-state index in [9.17, 15) is 4.79 Å². The van der Waals surface area contributed by atoms with Crippen molar-refractivity contribution >= 4 is 5.97 Å². The Morgan fingerprint density at radius 3 is 2.32 bits per heavy atom. The quantitative estimate of drug-likeness (QED) is 0.907. The number of hydrogen-bond acceptors (Lipinski definition) is 2. The molecule has 0 radical (unpaired) electrons. The summed E-state index contributed by atoms with van der Waals surface area (Å²) in [6.07, 6.45) is 4.12. The molecule has 1 saturated carbocycles. The molecule has 1 heterocycles. The number of likely N-dealkylation sites (tertiary alicyclic amines) is 1. The van der Waals surface area contributed by atoms with Gasteiger partial charge in [-0.1, -0.05) is 30.3 Å². The summed E-state index contributed by atoms with van der Waals surface area (Å²) >= 11 is 0. The van der Waals surface area contributed by atoms with Crippen LogP contribution in [0, 0.1) is 5.92 Å². The molecule has 3 heteroatoms. The molecule has 1 saturated heterocycles. The number of piperidine rings is 1. The number of benzene rings is 1. The molecule has 1 aromatic rings. The Balaban J connectivity index is 1.48. The van der Waals surface area contributed by atoms with Crippen LogP contribution in [-0.2, 0) is 4.79 Å². The van der Waals surface area contributed by atoms with Crippen LogP contribution in [0.2, 0.25) is 0 Å². The van der Waals surface area contributed by atoms with Crippen molar-refractivity contribution in [2.24, 2.45) is 5.92 Å². The van der Waals surface area contributed by atoms with E-state index < -0.39 is 5.97 Å². The van der Waals surface area contributed by atoms with Crippen LogP contribution in [-0.4, -0.2) is 35.1 Å². The summed E-state index contributed by atoms with van der Waals surface area (Å²) in [4.78, 5) is 13.4. The summed E-state index contributed by atoms with van der Waals surface area (Å²) in [6.45, 7) is 1.92. The van der Waals surface area contributed by atoms with Crippen molar-refractivity contribution < 1.29 is 9.90 Å². The van der Waals surface area contributed by atoms with Crippen LogP contribution >= 0.6 is 0 Å². The van der Waals surface area contributed by atoms with Gasteiger partial charge in [0.25, 0.3) is 0 Å². The predicted octanol–water partition coefficient (Wildman–Crippen LogP) is 2.73. The second kappa shape index (κ2) is 5.33. The van der Waals surface area contributed by atoms with Gasteiger partial charge in [-0.3, -0.25) is 4.79 Å². The van der Waals surface area contributed by atoms with E-state index in [1.807, 2.05) is 0 Å². The minimum atomic E-state index is -0.615. The lowest BCUT2D eigenvalue weighted by Gasteiger charge is -2.45. The molecule has 2 aliphatic rings. The molecule has 0 spiro atoms. The summed E-state index contributed by atoms with van der Waals surface area (Å²) in [7, 11) is 0. The lowest BCUT2D eigenvalue weighted by Crippen LogP contribution is -2.48. The van der Waals surface area contributed by atoms with Crippen molar-refractivity contribution in [3.05, 3.63) is 35.9 Å². The SMILES string of the molecule is O=C(O)C1CCN(C2CC(c3ccccc3)C2)CC1. The van der Waals surface area contributed by atoms with Crippen LogP contribution in [0.5, 0.6) is 0 Å². The third kappa shape index (κ3) is 2.66. The topological polar surface area (TPSA) is 40.5 Å². The standard InChI is InChI=1S/C16H21NO2/c18-16(19)13-6-8-17(9-7-13)15-10-14(11-15)12-4-2-1-3-5-12/h1-5,13-15H,6-11H2,(H,18,19). The third-order valence-electron chi connectivity index (χ3n) is 4.78. The Morgan fingerprint density at radius 2 is 1.74 bits per heavy atom. The van der Waals surface area contributed by atoms with E-state index in [1.54, 1.807) is 0 Å². The second-order valence-corrected chi connectivity index (χ2v) is 5.88. The molecule has 1 aliphatic heterocycles. The molecule has 0 bridgehead atoms. The van der Waals surface area contributed by atoms with Gasteiger partial charge in [0.15, 0.2) is 0 Å². The van der Waals surface area contributed by atoms with Gasteiger partial charge in [0, 0.05) is 6.04 Å². The Morgan fingerprint density at radius 1 is 1.11 bits per heavy atom. The van der Waals surface area contributed by atoms with E-state index in [4.69, 9.17) is 5.11 Å². The van der Waals surface area contributed by atoms with Crippen molar-refractivity contribution in [1.82, 2.24) is 4.90 Å². The Labute approximate surface area is 114 Å². The lowest BCUT2D eigenvalue weighted by atomic mass is 9.74. The molecule has 102 valence electrons. The van der Waals surface area contributed by atoms with Crippen LogP contribution in [0.15, 0.2) is 30.3 Å². The summed E-state index contributed by atoms with van der Waals surface area (Å²) < 4.78 is 0. The first-order valence-electron chi connectivity index (χ1n) is 7.26. The normalized spacial score (nSPS) is 28.8. The zero-order valence-electron chi connectivity index (χ0n) is 11.2. The van der Waals surface area contributed by atoms with Crippen LogP contribution < -0.4 is 0 Å². The summed E-state index contributed by atoms with van der Waals surface area (Å²) in [5.41, 5.74) is 1.46. The molecule has 0 aromatic heterocycles. The predicted molar refractivity (Wildman–Crippen MR) is 74.1 cm³/mol. The average molecular weight is 259 g/mol. The number of aliphatic carboxylic acids is 1. The minimum absolute atomic E-state index is 0.110. The maximum absolute atomic E-state index is 10.9. The molecular formula is C16H21NO2. The minimum Gasteiger partial charge on any atom is -0.481 e. The number of nitrogens with zero attached hydrogens (tertiary/aromatic N) is 1. The maximum Gasteiger partial charge on any atom is 0.306 e. The number of carboxylic acids is 1. The number of carboxylic acid groups (broad SMARTS) is 1. The number of carbonyl (C=O) groups is 1. The van der Waals surface area contributed by atoms with Crippen LogP contribution in [0.1, 0.15) is 37.2 Å². The van der Waals surface area contributed by atoms with E-state index in [2.05, 4.69) is 35.2 Å². The molecule has 19 heavy (non-hydrogen) atoms. The first-order chi connectivity index (χ1) is 9.24. The second-order valence-electron chi connectivity index (χ2n) is 5.88. The zero-order valence-corrected chi connectivity index (χ0v) is 11.2. The van der Waals surface area contributed by atoms with E-state index in [1.165, 1.54) is 18.4 Å². The van der Waals surface area contributed by atoms with Crippen molar-refractivity contribution in [1.29, 1.82) is 0 Å². The van der Waals surface area contributed by atoms with E-state index in [0.717, 1.165) is 25.9 Å². The maximum atomic E-state index is 10.9. The van der Waals surface area contributed by atoms with Gasteiger partial charge in [0.1, 0.15) is 0 Å². The van der Waals surface area contributed by atoms with Gasteiger partial charge in [-0.25, -0.2) is 0 Å². The fourth-order valence-corrected chi connectivity index (χ4v) is 3.39. The molecule has 1 N–H and O–H groups in total. The summed E-state index contributed by atoms with van der Waals surface area (Å²) in [5.74, 6) is -0.0138. The van der Waals surface area contributed by atoms with E-state index >= 15 is 0 Å². The van der Waals surface area contributed by atoms with Crippen LogP contribution in [0.4, 0.5) is 0 Å². The molecule has 0 unspecified atom stereocenters. The largest absolute Gasteiger partial charge is 0.481 e. The average Bonchev–Trinajstić information content (AvgIpc) is 2.39. The van der Waals surface area contributed by atoms with Crippen molar-refractivity contribution in [2.45, 2.75) is 37.6 Å². The van der Waals surface area contributed by atoms with Gasteiger partial charge in [-0.2, -0.15) is 0 Å². The van der Waals surface area contributed by atoms with Gasteiger partial charge < -0.3 is 10.0 Å². The van der Waals surface area contributed by atoms with Gasteiger partial charge in [0.05, 0.1) is 5.92 Å². The Hall–Kier alpha value is -1.35. The highest BCUT2D eigenvalue weighted by Gasteiger charge is 2.36.